The number of ether oxygens (including phenoxy) is 5. The number of hydrogen-bond donors (Lipinski definition) is 1. The van der Waals surface area contributed by atoms with Crippen LogP contribution in [0.3, 0.4) is 0 Å². The Balaban J connectivity index is 1.45. The molecule has 1 aromatic carbocycles. The number of benzene rings is 1. The van der Waals surface area contributed by atoms with Crippen LogP contribution in [-0.2, 0) is 28.5 Å². The standard InChI is InChI=1S/C21H29N3O6/c1-20(2)27-14-15(28-20)17-19(30-21(3,4)29-17)26-16(14)18(25)23-22-11-12-7-9-13(10-8-12)24(5)6/h7-11,14-17,19H,1-6H3,(H,23,25)/b22-11-/t14-,15-,16-,17-,19+/m1/s1. The average Bonchev–Trinajstić information content (AvgIpc) is 3.15. The highest BCUT2D eigenvalue weighted by Gasteiger charge is 2.62. The van der Waals surface area contributed by atoms with Crippen LogP contribution in [0, 0.1) is 0 Å². The summed E-state index contributed by atoms with van der Waals surface area (Å²) in [5, 5.41) is 4.07. The molecule has 0 aromatic heterocycles. The Labute approximate surface area is 176 Å². The molecule has 3 aliphatic rings. The van der Waals surface area contributed by atoms with Crippen molar-refractivity contribution >= 4 is 17.8 Å². The second-order valence-electron chi connectivity index (χ2n) is 8.81. The van der Waals surface area contributed by atoms with Crippen LogP contribution in [0.25, 0.3) is 0 Å². The van der Waals surface area contributed by atoms with Gasteiger partial charge in [-0.3, -0.25) is 4.79 Å². The van der Waals surface area contributed by atoms with Crippen molar-refractivity contribution in [3.63, 3.8) is 0 Å². The fourth-order valence-corrected chi connectivity index (χ4v) is 3.92. The molecule has 0 unspecified atom stereocenters. The van der Waals surface area contributed by atoms with Crippen LogP contribution in [0.15, 0.2) is 29.4 Å². The first kappa shape index (κ1) is 21.2. The molecule has 1 amide bonds. The summed E-state index contributed by atoms with van der Waals surface area (Å²) in [7, 11) is 3.95. The second kappa shape index (κ2) is 7.58. The molecule has 3 fully saturated rings. The quantitative estimate of drug-likeness (QED) is 0.586. The van der Waals surface area contributed by atoms with Crippen molar-refractivity contribution in [3.8, 4) is 0 Å². The molecule has 3 heterocycles. The van der Waals surface area contributed by atoms with Gasteiger partial charge in [0.05, 0.1) is 6.21 Å². The van der Waals surface area contributed by atoms with E-state index in [9.17, 15) is 4.79 Å². The minimum atomic E-state index is -0.941. The maximum Gasteiger partial charge on any atom is 0.272 e. The predicted molar refractivity (Wildman–Crippen MR) is 109 cm³/mol. The number of anilines is 1. The lowest BCUT2D eigenvalue weighted by Gasteiger charge is -2.36. The van der Waals surface area contributed by atoms with Gasteiger partial charge in [-0.25, -0.2) is 5.43 Å². The Morgan fingerprint density at radius 3 is 2.23 bits per heavy atom. The van der Waals surface area contributed by atoms with E-state index in [1.165, 1.54) is 0 Å². The second-order valence-corrected chi connectivity index (χ2v) is 8.81. The van der Waals surface area contributed by atoms with E-state index in [1.54, 1.807) is 33.9 Å². The Morgan fingerprint density at radius 2 is 1.57 bits per heavy atom. The Kier molecular flexibility index (Phi) is 5.36. The lowest BCUT2D eigenvalue weighted by atomic mass is 9.98. The Bertz CT molecular complexity index is 823. The molecule has 0 spiro atoms. The van der Waals surface area contributed by atoms with Crippen LogP contribution in [0.1, 0.15) is 33.3 Å². The summed E-state index contributed by atoms with van der Waals surface area (Å²) in [5.74, 6) is -2.13. The highest BCUT2D eigenvalue weighted by molar-refractivity contribution is 5.85. The highest BCUT2D eigenvalue weighted by atomic mass is 16.9. The molecular weight excluding hydrogens is 390 g/mol. The van der Waals surface area contributed by atoms with Crippen LogP contribution >= 0.6 is 0 Å². The molecule has 0 radical (unpaired) electrons. The van der Waals surface area contributed by atoms with Gasteiger partial charge < -0.3 is 28.6 Å². The van der Waals surface area contributed by atoms with Gasteiger partial charge in [0.25, 0.3) is 5.91 Å². The molecule has 164 valence electrons. The molecule has 1 N–H and O–H groups in total. The third-order valence-corrected chi connectivity index (χ3v) is 5.21. The molecule has 3 aliphatic heterocycles. The third-order valence-electron chi connectivity index (χ3n) is 5.21. The predicted octanol–water partition coefficient (Wildman–Crippen LogP) is 1.60. The molecule has 5 atom stereocenters. The zero-order chi connectivity index (χ0) is 21.7. The van der Waals surface area contributed by atoms with Crippen LogP contribution in [0.4, 0.5) is 5.69 Å². The Morgan fingerprint density at radius 1 is 0.967 bits per heavy atom. The van der Waals surface area contributed by atoms with Crippen LogP contribution in [0.2, 0.25) is 0 Å². The van der Waals surface area contributed by atoms with Crippen molar-refractivity contribution in [3.05, 3.63) is 29.8 Å². The number of fused-ring (bicyclic) bond motifs is 3. The SMILES string of the molecule is CN(C)c1ccc(/C=N\NC(=O)[C@@H]2O[C@H]3OC(C)(C)O[C@@H]3[C@@H]3OC(C)(C)O[C@H]32)cc1. The van der Waals surface area contributed by atoms with Crippen molar-refractivity contribution in [1.82, 2.24) is 5.43 Å². The number of carbonyl (C=O) groups is 1. The number of hydrogen-bond acceptors (Lipinski definition) is 8. The third kappa shape index (κ3) is 4.21. The molecule has 9 heteroatoms. The number of amides is 1. The van der Waals surface area contributed by atoms with E-state index in [2.05, 4.69) is 10.5 Å². The summed E-state index contributed by atoms with van der Waals surface area (Å²) < 4.78 is 29.6. The first-order chi connectivity index (χ1) is 14.0. The lowest BCUT2D eigenvalue weighted by molar-refractivity contribution is -0.231. The van der Waals surface area contributed by atoms with Crippen LogP contribution in [0.5, 0.6) is 0 Å². The van der Waals surface area contributed by atoms with Crippen molar-refractivity contribution in [2.75, 3.05) is 19.0 Å². The highest BCUT2D eigenvalue weighted by Crippen LogP contribution is 2.44. The van der Waals surface area contributed by atoms with E-state index in [4.69, 9.17) is 23.7 Å². The molecule has 4 rings (SSSR count). The first-order valence-corrected chi connectivity index (χ1v) is 10.0. The topological polar surface area (TPSA) is 90.9 Å². The minimum Gasteiger partial charge on any atom is -0.378 e. The van der Waals surface area contributed by atoms with Crippen molar-refractivity contribution < 1.29 is 28.5 Å². The fraction of sp³-hybridized carbons (Fsp3) is 0.619. The van der Waals surface area contributed by atoms with E-state index in [1.807, 2.05) is 43.3 Å². The zero-order valence-electron chi connectivity index (χ0n) is 18.1. The van der Waals surface area contributed by atoms with E-state index >= 15 is 0 Å². The Hall–Kier alpha value is -2.04. The normalized spacial score (nSPS) is 33.9. The van der Waals surface area contributed by atoms with Gasteiger partial charge in [0.2, 0.25) is 0 Å². The first-order valence-electron chi connectivity index (χ1n) is 10.0. The van der Waals surface area contributed by atoms with E-state index in [-0.39, 0.29) is 0 Å². The van der Waals surface area contributed by atoms with Crippen LogP contribution < -0.4 is 10.3 Å². The molecule has 0 aliphatic carbocycles. The van der Waals surface area contributed by atoms with Gasteiger partial charge in [-0.15, -0.1) is 0 Å². The lowest BCUT2D eigenvalue weighted by Crippen LogP contribution is -2.59. The smallest absolute Gasteiger partial charge is 0.272 e. The van der Waals surface area contributed by atoms with Crippen molar-refractivity contribution in [1.29, 1.82) is 0 Å². The van der Waals surface area contributed by atoms with Crippen molar-refractivity contribution in [2.24, 2.45) is 5.10 Å². The van der Waals surface area contributed by atoms with Gasteiger partial charge >= 0.3 is 0 Å². The molecule has 3 saturated heterocycles. The summed E-state index contributed by atoms with van der Waals surface area (Å²) in [6.07, 6.45) is -1.68. The molecule has 0 saturated carbocycles. The van der Waals surface area contributed by atoms with E-state index < -0.39 is 48.2 Å². The summed E-state index contributed by atoms with van der Waals surface area (Å²) in [6.45, 7) is 7.19. The van der Waals surface area contributed by atoms with Crippen LogP contribution in [-0.4, -0.2) is 68.5 Å². The number of nitrogens with zero attached hydrogens (tertiary/aromatic N) is 2. The molecule has 9 nitrogen and oxygen atoms in total. The number of carbonyl (C=O) groups excluding carboxylic acids is 1. The number of nitrogens with one attached hydrogen (secondary N) is 1. The van der Waals surface area contributed by atoms with Gasteiger partial charge in [0, 0.05) is 19.8 Å². The average molecular weight is 419 g/mol. The van der Waals surface area contributed by atoms with Gasteiger partial charge in [-0.05, 0) is 45.4 Å². The summed E-state index contributed by atoms with van der Waals surface area (Å²) in [6, 6.07) is 7.79. The molecular formula is C21H29N3O6. The summed E-state index contributed by atoms with van der Waals surface area (Å²) in [4.78, 5) is 14.9. The maximum absolute atomic E-state index is 12.8. The maximum atomic E-state index is 12.8. The van der Waals surface area contributed by atoms with Gasteiger partial charge in [-0.2, -0.15) is 5.10 Å². The number of rotatable bonds is 4. The van der Waals surface area contributed by atoms with Gasteiger partial charge in [0.1, 0.15) is 18.3 Å². The number of hydrazone groups is 1. The largest absolute Gasteiger partial charge is 0.378 e. The van der Waals surface area contributed by atoms with Crippen molar-refractivity contribution in [2.45, 2.75) is 70.0 Å². The van der Waals surface area contributed by atoms with E-state index in [0.29, 0.717) is 0 Å². The summed E-state index contributed by atoms with van der Waals surface area (Å²) >= 11 is 0. The molecule has 0 bridgehead atoms. The van der Waals surface area contributed by atoms with Gasteiger partial charge in [-0.1, -0.05) is 12.1 Å². The summed E-state index contributed by atoms with van der Waals surface area (Å²) in [5.41, 5.74) is 4.48. The van der Waals surface area contributed by atoms with E-state index in [0.717, 1.165) is 11.3 Å². The minimum absolute atomic E-state index is 0.431. The monoisotopic (exact) mass is 419 g/mol. The zero-order valence-corrected chi connectivity index (χ0v) is 18.1. The molecule has 30 heavy (non-hydrogen) atoms. The van der Waals surface area contributed by atoms with Gasteiger partial charge in [0.15, 0.2) is 24.0 Å². The fourth-order valence-electron chi connectivity index (χ4n) is 3.92. The molecule has 1 aromatic rings.